The fraction of sp³-hybridized carbons (Fsp3) is 0.529. The van der Waals surface area contributed by atoms with E-state index in [4.69, 9.17) is 4.52 Å². The number of hydrogen-bond acceptors (Lipinski definition) is 5. The molecule has 2 aromatic rings. The van der Waals surface area contributed by atoms with Gasteiger partial charge in [-0.2, -0.15) is 11.3 Å². The molecule has 0 bridgehead atoms. The Morgan fingerprint density at radius 3 is 2.70 bits per heavy atom. The maximum absolute atomic E-state index is 12.4. The first-order valence-electron chi connectivity index (χ1n) is 8.06. The van der Waals surface area contributed by atoms with Crippen LogP contribution in [0, 0.1) is 13.8 Å². The SMILES string of the molecule is Cc1noc(C)c1CCC(=O)N1CCN(Cc2ccsc2)CC1. The van der Waals surface area contributed by atoms with E-state index >= 15 is 0 Å². The zero-order valence-electron chi connectivity index (χ0n) is 13.7. The maximum Gasteiger partial charge on any atom is 0.222 e. The minimum absolute atomic E-state index is 0.236. The van der Waals surface area contributed by atoms with Crippen LogP contribution in [0.15, 0.2) is 21.3 Å². The van der Waals surface area contributed by atoms with Crippen LogP contribution < -0.4 is 0 Å². The molecule has 5 nitrogen and oxygen atoms in total. The van der Waals surface area contributed by atoms with E-state index in [1.807, 2.05) is 18.7 Å². The number of aryl methyl sites for hydroxylation is 2. The summed E-state index contributed by atoms with van der Waals surface area (Å²) in [6, 6.07) is 2.17. The van der Waals surface area contributed by atoms with Gasteiger partial charge in [-0.15, -0.1) is 0 Å². The van der Waals surface area contributed by atoms with Gasteiger partial charge in [0.2, 0.25) is 5.91 Å². The maximum atomic E-state index is 12.4. The summed E-state index contributed by atoms with van der Waals surface area (Å²) in [7, 11) is 0. The van der Waals surface area contributed by atoms with Crippen LogP contribution in [0.5, 0.6) is 0 Å². The molecule has 0 aromatic carbocycles. The van der Waals surface area contributed by atoms with E-state index in [1.165, 1.54) is 5.56 Å². The number of carbonyl (C=O) groups is 1. The van der Waals surface area contributed by atoms with Crippen LogP contribution in [0.4, 0.5) is 0 Å². The van der Waals surface area contributed by atoms with Crippen LogP contribution in [-0.2, 0) is 17.8 Å². The van der Waals surface area contributed by atoms with Crippen molar-refractivity contribution in [3.05, 3.63) is 39.4 Å². The highest BCUT2D eigenvalue weighted by molar-refractivity contribution is 7.07. The largest absolute Gasteiger partial charge is 0.361 e. The molecule has 0 radical (unpaired) electrons. The molecule has 3 heterocycles. The molecular weight excluding hydrogens is 310 g/mol. The van der Waals surface area contributed by atoms with Crippen molar-refractivity contribution in [2.45, 2.75) is 33.2 Å². The Bertz CT molecular complexity index is 623. The molecule has 0 N–H and O–H groups in total. The van der Waals surface area contributed by atoms with Gasteiger partial charge in [0, 0.05) is 44.7 Å². The molecule has 6 heteroatoms. The van der Waals surface area contributed by atoms with Crippen molar-refractivity contribution in [1.29, 1.82) is 0 Å². The van der Waals surface area contributed by atoms with Gasteiger partial charge in [0.25, 0.3) is 0 Å². The highest BCUT2D eigenvalue weighted by Crippen LogP contribution is 2.16. The van der Waals surface area contributed by atoms with Gasteiger partial charge in [-0.25, -0.2) is 0 Å². The molecule has 1 fully saturated rings. The molecule has 3 rings (SSSR count). The molecule has 0 saturated carbocycles. The summed E-state index contributed by atoms with van der Waals surface area (Å²) < 4.78 is 5.16. The van der Waals surface area contributed by atoms with E-state index in [0.29, 0.717) is 6.42 Å². The third kappa shape index (κ3) is 4.00. The van der Waals surface area contributed by atoms with Gasteiger partial charge in [0.15, 0.2) is 0 Å². The summed E-state index contributed by atoms with van der Waals surface area (Å²) in [5.74, 6) is 1.07. The summed E-state index contributed by atoms with van der Waals surface area (Å²) in [4.78, 5) is 16.8. The fourth-order valence-corrected chi connectivity index (χ4v) is 3.70. The molecule has 23 heavy (non-hydrogen) atoms. The molecule has 2 aromatic heterocycles. The van der Waals surface area contributed by atoms with Crippen molar-refractivity contribution in [1.82, 2.24) is 15.0 Å². The Kier molecular flexibility index (Phi) is 5.13. The number of carbonyl (C=O) groups excluding carboxylic acids is 1. The van der Waals surface area contributed by atoms with Crippen LogP contribution >= 0.6 is 11.3 Å². The Morgan fingerprint density at radius 2 is 2.09 bits per heavy atom. The lowest BCUT2D eigenvalue weighted by atomic mass is 10.1. The summed E-state index contributed by atoms with van der Waals surface area (Å²) in [5, 5.41) is 8.26. The average molecular weight is 333 g/mol. The summed E-state index contributed by atoms with van der Waals surface area (Å²) in [6.07, 6.45) is 1.25. The van der Waals surface area contributed by atoms with E-state index in [1.54, 1.807) is 11.3 Å². The third-order valence-corrected chi connectivity index (χ3v) is 5.21. The van der Waals surface area contributed by atoms with Crippen LogP contribution in [0.25, 0.3) is 0 Å². The first kappa shape index (κ1) is 16.2. The van der Waals surface area contributed by atoms with Crippen LogP contribution in [0.1, 0.15) is 29.0 Å². The van der Waals surface area contributed by atoms with Crippen molar-refractivity contribution >= 4 is 17.2 Å². The highest BCUT2D eigenvalue weighted by atomic mass is 32.1. The fourth-order valence-electron chi connectivity index (χ4n) is 3.05. The number of aromatic nitrogens is 1. The van der Waals surface area contributed by atoms with Gasteiger partial charge in [0.05, 0.1) is 5.69 Å². The standard InChI is InChI=1S/C17H23N3O2S/c1-13-16(14(2)22-18-13)3-4-17(21)20-8-6-19(7-9-20)11-15-5-10-23-12-15/h5,10,12H,3-4,6-9,11H2,1-2H3. The molecular formula is C17H23N3O2S. The second kappa shape index (κ2) is 7.27. The van der Waals surface area contributed by atoms with E-state index < -0.39 is 0 Å². The van der Waals surface area contributed by atoms with Crippen molar-refractivity contribution in [2.24, 2.45) is 0 Å². The van der Waals surface area contributed by atoms with Crippen LogP contribution in [0.3, 0.4) is 0 Å². The third-order valence-electron chi connectivity index (χ3n) is 4.48. The predicted molar refractivity (Wildman–Crippen MR) is 90.5 cm³/mol. The number of piperazine rings is 1. The molecule has 1 aliphatic rings. The number of thiophene rings is 1. The predicted octanol–water partition coefficient (Wildman–Crippen LogP) is 2.63. The van der Waals surface area contributed by atoms with Gasteiger partial charge in [0.1, 0.15) is 5.76 Å². The minimum Gasteiger partial charge on any atom is -0.361 e. The Morgan fingerprint density at radius 1 is 1.30 bits per heavy atom. The Balaban J connectivity index is 1.45. The quantitative estimate of drug-likeness (QED) is 0.844. The minimum atomic E-state index is 0.236. The number of hydrogen-bond donors (Lipinski definition) is 0. The summed E-state index contributed by atoms with van der Waals surface area (Å²) >= 11 is 1.74. The monoisotopic (exact) mass is 333 g/mol. The van der Waals surface area contributed by atoms with Crippen LogP contribution in [-0.4, -0.2) is 47.0 Å². The molecule has 0 atom stereocenters. The zero-order valence-corrected chi connectivity index (χ0v) is 14.6. The molecule has 1 amide bonds. The Labute approximate surface area is 140 Å². The van der Waals surface area contributed by atoms with Gasteiger partial charge in [-0.3, -0.25) is 9.69 Å². The number of amides is 1. The second-order valence-electron chi connectivity index (χ2n) is 6.09. The lowest BCUT2D eigenvalue weighted by Gasteiger charge is -2.34. The Hall–Kier alpha value is -1.66. The van der Waals surface area contributed by atoms with Gasteiger partial charge in [-0.05, 0) is 42.7 Å². The van der Waals surface area contributed by atoms with Crippen molar-refractivity contribution in [3.63, 3.8) is 0 Å². The van der Waals surface area contributed by atoms with Crippen LogP contribution in [0.2, 0.25) is 0 Å². The zero-order chi connectivity index (χ0) is 16.2. The highest BCUT2D eigenvalue weighted by Gasteiger charge is 2.21. The lowest BCUT2D eigenvalue weighted by Crippen LogP contribution is -2.48. The first-order valence-corrected chi connectivity index (χ1v) is 9.00. The molecule has 0 aliphatic carbocycles. The number of nitrogens with zero attached hydrogens (tertiary/aromatic N) is 3. The lowest BCUT2D eigenvalue weighted by molar-refractivity contribution is -0.133. The number of rotatable bonds is 5. The van der Waals surface area contributed by atoms with Crippen molar-refractivity contribution in [3.8, 4) is 0 Å². The summed E-state index contributed by atoms with van der Waals surface area (Å²) in [6.45, 7) is 8.38. The molecule has 0 spiro atoms. The summed E-state index contributed by atoms with van der Waals surface area (Å²) in [5.41, 5.74) is 3.35. The van der Waals surface area contributed by atoms with E-state index in [9.17, 15) is 4.79 Å². The molecule has 124 valence electrons. The van der Waals surface area contributed by atoms with Gasteiger partial charge < -0.3 is 9.42 Å². The van der Waals surface area contributed by atoms with Crippen molar-refractivity contribution in [2.75, 3.05) is 26.2 Å². The van der Waals surface area contributed by atoms with E-state index in [0.717, 1.165) is 56.2 Å². The smallest absolute Gasteiger partial charge is 0.222 e. The van der Waals surface area contributed by atoms with Gasteiger partial charge in [-0.1, -0.05) is 5.16 Å². The van der Waals surface area contributed by atoms with E-state index in [-0.39, 0.29) is 5.91 Å². The first-order chi connectivity index (χ1) is 11.1. The van der Waals surface area contributed by atoms with E-state index in [2.05, 4.69) is 26.9 Å². The second-order valence-corrected chi connectivity index (χ2v) is 6.87. The molecule has 1 aliphatic heterocycles. The van der Waals surface area contributed by atoms with Gasteiger partial charge >= 0.3 is 0 Å². The molecule has 0 unspecified atom stereocenters. The normalized spacial score (nSPS) is 16.0. The molecule has 1 saturated heterocycles. The topological polar surface area (TPSA) is 49.6 Å². The van der Waals surface area contributed by atoms with Crippen molar-refractivity contribution < 1.29 is 9.32 Å². The average Bonchev–Trinajstić information content (AvgIpc) is 3.17.